The molecule has 1 aromatic carbocycles. The Bertz CT molecular complexity index is 753. The molecule has 7 nitrogen and oxygen atoms in total. The van der Waals surface area contributed by atoms with Crippen LogP contribution in [0.15, 0.2) is 29.2 Å². The van der Waals surface area contributed by atoms with Crippen LogP contribution < -0.4 is 5.73 Å². The number of hydrogen-bond donors (Lipinski definition) is 1. The molecule has 2 saturated heterocycles. The molecule has 1 aromatic rings. The van der Waals surface area contributed by atoms with Crippen LogP contribution in [-0.4, -0.2) is 81.3 Å². The molecule has 1 atom stereocenters. The van der Waals surface area contributed by atoms with E-state index in [1.54, 1.807) is 23.1 Å². The van der Waals surface area contributed by atoms with Gasteiger partial charge in [0.15, 0.2) is 0 Å². The van der Waals surface area contributed by atoms with E-state index in [1.165, 1.54) is 10.4 Å². The van der Waals surface area contributed by atoms with Crippen LogP contribution in [0.3, 0.4) is 0 Å². The van der Waals surface area contributed by atoms with Crippen molar-refractivity contribution in [1.29, 1.82) is 0 Å². The molecular weight excluding hydrogens is 352 g/mol. The highest BCUT2D eigenvalue weighted by Gasteiger charge is 2.29. The molecule has 2 N–H and O–H groups in total. The predicted octanol–water partition coefficient (Wildman–Crippen LogP) is 0.434. The zero-order chi connectivity index (χ0) is 18.7. The van der Waals surface area contributed by atoms with Crippen molar-refractivity contribution in [1.82, 2.24) is 14.1 Å². The molecule has 0 spiro atoms. The average molecular weight is 381 g/mol. The van der Waals surface area contributed by atoms with Crippen molar-refractivity contribution in [3.05, 3.63) is 29.8 Å². The second-order valence-electron chi connectivity index (χ2n) is 7.23. The van der Waals surface area contributed by atoms with Crippen LogP contribution in [0.1, 0.15) is 23.2 Å². The third-order valence-electron chi connectivity index (χ3n) is 5.30. The number of nitrogens with two attached hydrogens (primary N) is 1. The minimum absolute atomic E-state index is 0.117. The van der Waals surface area contributed by atoms with Gasteiger partial charge in [0.25, 0.3) is 5.91 Å². The Hall–Kier alpha value is -1.48. The average Bonchev–Trinajstić information content (AvgIpc) is 3.02. The van der Waals surface area contributed by atoms with Crippen LogP contribution in [0.5, 0.6) is 0 Å². The van der Waals surface area contributed by atoms with Gasteiger partial charge in [-0.15, -0.1) is 0 Å². The second-order valence-corrected chi connectivity index (χ2v) is 9.17. The summed E-state index contributed by atoms with van der Waals surface area (Å²) in [7, 11) is -1.59. The zero-order valence-corrected chi connectivity index (χ0v) is 16.1. The lowest BCUT2D eigenvalue weighted by atomic mass is 10.1. The summed E-state index contributed by atoms with van der Waals surface area (Å²) in [5.41, 5.74) is 6.12. The maximum atomic E-state index is 13.0. The Morgan fingerprint density at radius 1 is 1.19 bits per heavy atom. The van der Waals surface area contributed by atoms with Gasteiger partial charge in [0.1, 0.15) is 0 Å². The van der Waals surface area contributed by atoms with E-state index in [1.807, 2.05) is 7.05 Å². The predicted molar refractivity (Wildman–Crippen MR) is 100 cm³/mol. The van der Waals surface area contributed by atoms with Crippen LogP contribution in [0.25, 0.3) is 0 Å². The fourth-order valence-electron chi connectivity index (χ4n) is 3.59. The number of rotatable bonds is 4. The van der Waals surface area contributed by atoms with Gasteiger partial charge in [0.2, 0.25) is 10.0 Å². The van der Waals surface area contributed by atoms with E-state index < -0.39 is 10.0 Å². The van der Waals surface area contributed by atoms with Crippen LogP contribution >= 0.6 is 0 Å². The van der Waals surface area contributed by atoms with Gasteiger partial charge in [-0.3, -0.25) is 4.79 Å². The van der Waals surface area contributed by atoms with Crippen molar-refractivity contribution in [3.8, 4) is 0 Å². The summed E-state index contributed by atoms with van der Waals surface area (Å²) in [6.45, 7) is 4.48. The molecule has 1 amide bonds. The van der Waals surface area contributed by atoms with E-state index in [-0.39, 0.29) is 10.8 Å². The molecular formula is C18H28N4O3S. The smallest absolute Gasteiger partial charge is 0.253 e. The Balaban J connectivity index is 1.79. The quantitative estimate of drug-likeness (QED) is 0.819. The first-order chi connectivity index (χ1) is 12.4. The summed E-state index contributed by atoms with van der Waals surface area (Å²) >= 11 is 0. The third-order valence-corrected chi connectivity index (χ3v) is 7.20. The van der Waals surface area contributed by atoms with Gasteiger partial charge in [-0.1, -0.05) is 6.07 Å². The third kappa shape index (κ3) is 4.09. The van der Waals surface area contributed by atoms with E-state index in [9.17, 15) is 13.2 Å². The molecule has 0 aliphatic carbocycles. The Kier molecular flexibility index (Phi) is 5.96. The fourth-order valence-corrected chi connectivity index (χ4v) is 5.11. The summed E-state index contributed by atoms with van der Waals surface area (Å²) in [4.78, 5) is 16.8. The Labute approximate surface area is 155 Å². The number of likely N-dealkylation sites (N-methyl/N-ethyl adjacent to an activating group) is 1. The summed E-state index contributed by atoms with van der Waals surface area (Å²) in [5, 5.41) is 0. The number of carbonyl (C=O) groups excluding carboxylic acids is 1. The van der Waals surface area contributed by atoms with Gasteiger partial charge in [-0.05, 0) is 57.1 Å². The second kappa shape index (κ2) is 8.04. The molecule has 2 fully saturated rings. The van der Waals surface area contributed by atoms with E-state index >= 15 is 0 Å². The normalized spacial score (nSPS) is 23.2. The molecule has 144 valence electrons. The topological polar surface area (TPSA) is 87.0 Å². The zero-order valence-electron chi connectivity index (χ0n) is 15.3. The fraction of sp³-hybridized carbons (Fsp3) is 0.611. The Morgan fingerprint density at radius 3 is 2.73 bits per heavy atom. The maximum Gasteiger partial charge on any atom is 0.253 e. The van der Waals surface area contributed by atoms with Crippen LogP contribution in [-0.2, 0) is 10.0 Å². The van der Waals surface area contributed by atoms with Crippen LogP contribution in [0.4, 0.5) is 0 Å². The number of likely N-dealkylation sites (tertiary alicyclic amines) is 1. The van der Waals surface area contributed by atoms with E-state index in [0.717, 1.165) is 19.4 Å². The van der Waals surface area contributed by atoms with E-state index in [2.05, 4.69) is 4.90 Å². The monoisotopic (exact) mass is 380 g/mol. The molecule has 8 heteroatoms. The first-order valence-electron chi connectivity index (χ1n) is 9.20. The molecule has 0 saturated carbocycles. The molecule has 2 aliphatic rings. The van der Waals surface area contributed by atoms with E-state index in [4.69, 9.17) is 5.73 Å². The van der Waals surface area contributed by atoms with Crippen LogP contribution in [0.2, 0.25) is 0 Å². The first kappa shape index (κ1) is 19.3. The number of sulfonamides is 1. The molecule has 0 aromatic heterocycles. The number of benzene rings is 1. The minimum Gasteiger partial charge on any atom is -0.338 e. The molecule has 2 aliphatic heterocycles. The summed E-state index contributed by atoms with van der Waals surface area (Å²) < 4.78 is 27.5. The van der Waals surface area contributed by atoms with Gasteiger partial charge in [0, 0.05) is 38.3 Å². The number of carbonyl (C=O) groups is 1. The highest BCUT2D eigenvalue weighted by Crippen LogP contribution is 2.22. The van der Waals surface area contributed by atoms with Crippen molar-refractivity contribution in [3.63, 3.8) is 0 Å². The van der Waals surface area contributed by atoms with Gasteiger partial charge in [0.05, 0.1) is 4.90 Å². The number of hydrogen-bond acceptors (Lipinski definition) is 5. The van der Waals surface area contributed by atoms with Crippen LogP contribution in [0, 0.1) is 5.92 Å². The number of amides is 1. The lowest BCUT2D eigenvalue weighted by molar-refractivity contribution is 0.0787. The SMILES string of the molecule is CN1CCCN(S(=O)(=O)c2cccc(C(=O)N3CC[C@@H](CN)C3)c2)CC1. The largest absolute Gasteiger partial charge is 0.338 e. The van der Waals surface area contributed by atoms with Crippen molar-refractivity contribution in [2.75, 3.05) is 52.9 Å². The van der Waals surface area contributed by atoms with Gasteiger partial charge in [-0.25, -0.2) is 8.42 Å². The van der Waals surface area contributed by atoms with Gasteiger partial charge < -0.3 is 15.5 Å². The molecule has 0 unspecified atom stereocenters. The van der Waals surface area contributed by atoms with Crippen molar-refractivity contribution < 1.29 is 13.2 Å². The lowest BCUT2D eigenvalue weighted by Gasteiger charge is -2.21. The van der Waals surface area contributed by atoms with Crippen molar-refractivity contribution in [2.24, 2.45) is 11.7 Å². The first-order valence-corrected chi connectivity index (χ1v) is 10.6. The standard InChI is InChI=1S/C18H28N4O3S/c1-20-7-3-8-22(11-10-20)26(24,25)17-5-2-4-16(12-17)18(23)21-9-6-15(13-19)14-21/h2,4-5,12,15H,3,6-11,13-14,19H2,1H3/t15-/m0/s1. The van der Waals surface area contributed by atoms with E-state index in [0.29, 0.717) is 50.7 Å². The van der Waals surface area contributed by atoms with Gasteiger partial charge >= 0.3 is 0 Å². The number of nitrogens with zero attached hydrogens (tertiary/aromatic N) is 3. The highest BCUT2D eigenvalue weighted by atomic mass is 32.2. The van der Waals surface area contributed by atoms with Gasteiger partial charge in [-0.2, -0.15) is 4.31 Å². The molecule has 0 radical (unpaired) electrons. The van der Waals surface area contributed by atoms with Crippen molar-refractivity contribution >= 4 is 15.9 Å². The molecule has 0 bridgehead atoms. The van der Waals surface area contributed by atoms with Crippen molar-refractivity contribution in [2.45, 2.75) is 17.7 Å². The highest BCUT2D eigenvalue weighted by molar-refractivity contribution is 7.89. The lowest BCUT2D eigenvalue weighted by Crippen LogP contribution is -2.35. The molecule has 26 heavy (non-hydrogen) atoms. The minimum atomic E-state index is -3.59. The maximum absolute atomic E-state index is 13.0. The Morgan fingerprint density at radius 2 is 2.00 bits per heavy atom. The molecule has 3 rings (SSSR count). The molecule has 2 heterocycles. The summed E-state index contributed by atoms with van der Waals surface area (Å²) in [5.74, 6) is 0.216. The summed E-state index contributed by atoms with van der Waals surface area (Å²) in [6.07, 6.45) is 1.71. The summed E-state index contributed by atoms with van der Waals surface area (Å²) in [6, 6.07) is 6.43.